The van der Waals surface area contributed by atoms with E-state index in [1.54, 1.807) is 0 Å². The van der Waals surface area contributed by atoms with E-state index in [2.05, 4.69) is 17.1 Å². The number of hydrogen-bond donors (Lipinski definition) is 0. The van der Waals surface area contributed by atoms with Gasteiger partial charge in [0.1, 0.15) is 0 Å². The summed E-state index contributed by atoms with van der Waals surface area (Å²) in [7, 11) is 0. The second-order valence-corrected chi connectivity index (χ2v) is 4.69. The van der Waals surface area contributed by atoms with Crippen LogP contribution < -0.4 is 0 Å². The molecule has 1 aromatic rings. The van der Waals surface area contributed by atoms with E-state index in [1.165, 1.54) is 38.5 Å². The van der Waals surface area contributed by atoms with Crippen molar-refractivity contribution < 1.29 is 4.52 Å². The molecule has 0 N–H and O–H groups in total. The van der Waals surface area contributed by atoms with Gasteiger partial charge in [-0.15, -0.1) is 0 Å². The largest absolute Gasteiger partial charge is 0.339 e. The van der Waals surface area contributed by atoms with Crippen molar-refractivity contribution in [2.75, 3.05) is 0 Å². The summed E-state index contributed by atoms with van der Waals surface area (Å²) in [4.78, 5) is 4.33. The maximum atomic E-state index is 5.24. The first kappa shape index (κ1) is 10.7. The van der Waals surface area contributed by atoms with Crippen LogP contribution in [0.1, 0.15) is 63.1 Å². The minimum absolute atomic E-state index is 0.527. The first-order valence-corrected chi connectivity index (χ1v) is 6.09. The molecule has 15 heavy (non-hydrogen) atoms. The Kier molecular flexibility index (Phi) is 3.39. The smallest absolute Gasteiger partial charge is 0.229 e. The van der Waals surface area contributed by atoms with E-state index in [1.807, 2.05) is 6.92 Å². The van der Waals surface area contributed by atoms with Gasteiger partial charge in [0.2, 0.25) is 5.89 Å². The highest BCUT2D eigenvalue weighted by molar-refractivity contribution is 4.95. The predicted molar refractivity (Wildman–Crippen MR) is 58.6 cm³/mol. The van der Waals surface area contributed by atoms with Crippen molar-refractivity contribution in [3.05, 3.63) is 11.7 Å². The molecule has 0 atom stereocenters. The number of rotatable bonds is 3. The molecule has 1 saturated carbocycles. The number of aromatic nitrogens is 2. The van der Waals surface area contributed by atoms with Crippen LogP contribution in [0.4, 0.5) is 0 Å². The fourth-order valence-electron chi connectivity index (χ4n) is 2.59. The molecule has 0 unspecified atom stereocenters. The van der Waals surface area contributed by atoms with Crippen molar-refractivity contribution in [3.8, 4) is 0 Å². The van der Waals surface area contributed by atoms with Gasteiger partial charge in [0.05, 0.1) is 0 Å². The Morgan fingerprint density at radius 2 is 2.00 bits per heavy atom. The highest BCUT2D eigenvalue weighted by atomic mass is 16.5. The zero-order valence-electron chi connectivity index (χ0n) is 9.70. The molecule has 1 aliphatic rings. The van der Waals surface area contributed by atoms with Crippen molar-refractivity contribution in [2.45, 2.75) is 58.3 Å². The van der Waals surface area contributed by atoms with Gasteiger partial charge < -0.3 is 4.52 Å². The standard InChI is InChI=1S/C12H20N2O/c1-3-4-10-5-7-11(8-6-10)12-13-9(2)14-15-12/h10-11H,3-8H2,1-2H3/t10-,11-. The maximum absolute atomic E-state index is 5.24. The summed E-state index contributed by atoms with van der Waals surface area (Å²) in [6.07, 6.45) is 7.82. The predicted octanol–water partition coefficient (Wildman–Crippen LogP) is 3.45. The summed E-state index contributed by atoms with van der Waals surface area (Å²) >= 11 is 0. The average Bonchev–Trinajstić information content (AvgIpc) is 2.67. The highest BCUT2D eigenvalue weighted by Gasteiger charge is 2.25. The fourth-order valence-corrected chi connectivity index (χ4v) is 2.59. The Morgan fingerprint density at radius 3 is 2.53 bits per heavy atom. The van der Waals surface area contributed by atoms with Gasteiger partial charge in [-0.1, -0.05) is 24.9 Å². The molecule has 0 amide bonds. The quantitative estimate of drug-likeness (QED) is 0.763. The van der Waals surface area contributed by atoms with Crippen LogP contribution in [0.5, 0.6) is 0 Å². The second kappa shape index (κ2) is 4.77. The zero-order valence-corrected chi connectivity index (χ0v) is 9.70. The lowest BCUT2D eigenvalue weighted by molar-refractivity contribution is 0.262. The first-order valence-electron chi connectivity index (χ1n) is 6.09. The maximum Gasteiger partial charge on any atom is 0.229 e. The van der Waals surface area contributed by atoms with E-state index < -0.39 is 0 Å². The molecule has 3 heteroatoms. The van der Waals surface area contributed by atoms with Crippen molar-refractivity contribution in [1.29, 1.82) is 0 Å². The molecule has 0 radical (unpaired) electrons. The van der Waals surface area contributed by atoms with Crippen LogP contribution in [0.15, 0.2) is 4.52 Å². The van der Waals surface area contributed by atoms with E-state index in [9.17, 15) is 0 Å². The minimum Gasteiger partial charge on any atom is -0.339 e. The van der Waals surface area contributed by atoms with E-state index in [4.69, 9.17) is 4.52 Å². The third-order valence-electron chi connectivity index (χ3n) is 3.44. The van der Waals surface area contributed by atoms with Gasteiger partial charge in [-0.25, -0.2) is 0 Å². The lowest BCUT2D eigenvalue weighted by Gasteiger charge is -2.25. The second-order valence-electron chi connectivity index (χ2n) is 4.69. The normalized spacial score (nSPS) is 26.8. The molecule has 84 valence electrons. The van der Waals surface area contributed by atoms with Crippen LogP contribution in [-0.2, 0) is 0 Å². The summed E-state index contributed by atoms with van der Waals surface area (Å²) < 4.78 is 5.24. The fraction of sp³-hybridized carbons (Fsp3) is 0.833. The van der Waals surface area contributed by atoms with Crippen molar-refractivity contribution >= 4 is 0 Å². The van der Waals surface area contributed by atoms with Gasteiger partial charge in [0.15, 0.2) is 5.82 Å². The third kappa shape index (κ3) is 2.58. The topological polar surface area (TPSA) is 38.9 Å². The number of hydrogen-bond acceptors (Lipinski definition) is 3. The molecule has 1 heterocycles. The van der Waals surface area contributed by atoms with E-state index in [0.29, 0.717) is 5.92 Å². The summed E-state index contributed by atoms with van der Waals surface area (Å²) in [5.41, 5.74) is 0. The molecule has 0 saturated heterocycles. The van der Waals surface area contributed by atoms with Crippen molar-refractivity contribution in [1.82, 2.24) is 10.1 Å². The minimum atomic E-state index is 0.527. The Hall–Kier alpha value is -0.860. The Bertz CT molecular complexity index is 300. The van der Waals surface area contributed by atoms with Gasteiger partial charge in [-0.2, -0.15) is 4.98 Å². The van der Waals surface area contributed by atoms with Gasteiger partial charge >= 0.3 is 0 Å². The van der Waals surface area contributed by atoms with E-state index in [-0.39, 0.29) is 0 Å². The van der Waals surface area contributed by atoms with Gasteiger partial charge in [0.25, 0.3) is 0 Å². The Labute approximate surface area is 91.3 Å². The van der Waals surface area contributed by atoms with Crippen molar-refractivity contribution in [3.63, 3.8) is 0 Å². The molecule has 2 rings (SSSR count). The van der Waals surface area contributed by atoms with Crippen LogP contribution in [0.3, 0.4) is 0 Å². The van der Waals surface area contributed by atoms with Crippen LogP contribution >= 0.6 is 0 Å². The molecule has 1 aromatic heterocycles. The molecule has 3 nitrogen and oxygen atoms in total. The van der Waals surface area contributed by atoms with Crippen LogP contribution in [0.25, 0.3) is 0 Å². The van der Waals surface area contributed by atoms with E-state index >= 15 is 0 Å². The Morgan fingerprint density at radius 1 is 1.27 bits per heavy atom. The summed E-state index contributed by atoms with van der Waals surface area (Å²) in [6.45, 7) is 4.16. The molecule has 0 spiro atoms. The van der Waals surface area contributed by atoms with E-state index in [0.717, 1.165) is 17.6 Å². The van der Waals surface area contributed by atoms with Gasteiger partial charge in [-0.05, 0) is 38.5 Å². The lowest BCUT2D eigenvalue weighted by atomic mass is 9.80. The summed E-state index contributed by atoms with van der Waals surface area (Å²) in [5, 5.41) is 3.86. The number of aryl methyl sites for hydroxylation is 1. The SMILES string of the molecule is CCC[C@H]1CC[C@H](c2nc(C)no2)CC1. The highest BCUT2D eigenvalue weighted by Crippen LogP contribution is 2.36. The van der Waals surface area contributed by atoms with Crippen LogP contribution in [-0.4, -0.2) is 10.1 Å². The molecule has 0 bridgehead atoms. The first-order chi connectivity index (χ1) is 7.29. The molecule has 1 aliphatic carbocycles. The monoisotopic (exact) mass is 208 g/mol. The van der Waals surface area contributed by atoms with Gasteiger partial charge in [0, 0.05) is 5.92 Å². The molecule has 0 aromatic carbocycles. The van der Waals surface area contributed by atoms with Crippen LogP contribution in [0, 0.1) is 12.8 Å². The molecular formula is C12H20N2O. The molecular weight excluding hydrogens is 188 g/mol. The average molecular weight is 208 g/mol. The van der Waals surface area contributed by atoms with Crippen molar-refractivity contribution in [2.24, 2.45) is 5.92 Å². The Balaban J connectivity index is 1.88. The zero-order chi connectivity index (χ0) is 10.7. The molecule has 0 aliphatic heterocycles. The van der Waals surface area contributed by atoms with Crippen LogP contribution in [0.2, 0.25) is 0 Å². The molecule has 1 fully saturated rings. The number of nitrogens with zero attached hydrogens (tertiary/aromatic N) is 2. The lowest BCUT2D eigenvalue weighted by Crippen LogP contribution is -2.13. The van der Waals surface area contributed by atoms with Gasteiger partial charge in [-0.3, -0.25) is 0 Å². The summed E-state index contributed by atoms with van der Waals surface area (Å²) in [6, 6.07) is 0. The summed E-state index contributed by atoms with van der Waals surface area (Å²) in [5.74, 6) is 3.10. The third-order valence-corrected chi connectivity index (χ3v) is 3.44.